The molecule has 0 aromatic heterocycles. The van der Waals surface area contributed by atoms with Gasteiger partial charge in [-0.1, -0.05) is 84.0 Å². The molecule has 0 aromatic carbocycles. The molecule has 0 aromatic rings. The van der Waals surface area contributed by atoms with Crippen molar-refractivity contribution in [3.8, 4) is 0 Å². The maximum absolute atomic E-state index is 11.5. The van der Waals surface area contributed by atoms with Gasteiger partial charge in [0.05, 0.1) is 0 Å². The van der Waals surface area contributed by atoms with Crippen LogP contribution in [0.3, 0.4) is 0 Å². The molecule has 0 heterocycles. The fourth-order valence-electron chi connectivity index (χ4n) is 2.91. The fourth-order valence-corrected chi connectivity index (χ4v) is 2.91. The van der Waals surface area contributed by atoms with Gasteiger partial charge in [-0.2, -0.15) is 0 Å². The molecule has 162 valence electrons. The number of carbonyl (C=O) groups excluding carboxylic acids is 2. The van der Waals surface area contributed by atoms with Crippen LogP contribution in [0, 0.1) is 0 Å². The first-order chi connectivity index (χ1) is 13.0. The summed E-state index contributed by atoms with van der Waals surface area (Å²) in [7, 11) is 0. The molecule has 0 aliphatic rings. The van der Waals surface area contributed by atoms with E-state index in [1.807, 2.05) is 0 Å². The monoisotopic (exact) mass is 433 g/mol. The fraction of sp³-hybridized carbons (Fsp3) is 0.857. The summed E-state index contributed by atoms with van der Waals surface area (Å²) >= 11 is 0. The molecule has 0 radical (unpaired) electrons. The van der Waals surface area contributed by atoms with Crippen LogP contribution in [0.25, 0.3) is 0 Å². The third-order valence-electron chi connectivity index (χ3n) is 4.69. The molecule has 0 amide bonds. The van der Waals surface area contributed by atoms with Gasteiger partial charge in [0.25, 0.3) is 0 Å². The van der Waals surface area contributed by atoms with Crippen molar-refractivity contribution in [3.63, 3.8) is 0 Å². The Morgan fingerprint density at radius 2 is 1.10 bits per heavy atom. The Balaban J connectivity index is -0.00000338. The molecule has 0 unspecified atom stereocenters. The predicted molar refractivity (Wildman–Crippen MR) is 121 cm³/mol. The molecule has 3 N–H and O–H groups in total. The van der Waals surface area contributed by atoms with E-state index in [1.165, 1.54) is 64.2 Å². The van der Waals surface area contributed by atoms with Crippen molar-refractivity contribution in [2.24, 2.45) is 5.73 Å². The van der Waals surface area contributed by atoms with Crippen LogP contribution in [0.15, 0.2) is 0 Å². The van der Waals surface area contributed by atoms with Gasteiger partial charge in [0, 0.05) is 12.8 Å². The van der Waals surface area contributed by atoms with Gasteiger partial charge in [0.15, 0.2) is 0 Å². The molecule has 0 aliphatic carbocycles. The summed E-state index contributed by atoms with van der Waals surface area (Å²) < 4.78 is 4.66. The van der Waals surface area contributed by atoms with E-state index >= 15 is 0 Å². The number of aliphatic carboxylic acids is 1. The Hall–Kier alpha value is 0.570. The standard InChI is InChI=1S/C21H39NO5.2Na.2H/c1-2-3-4-5-6-7-8-9-10-11-12-13-14-15-19(23)27-20(24)17-16-18(22)21(25)26;;;;/h18H,2-17,22H2,1H3,(H,25,26);;;;/t18-;;;;/m0..../s1. The summed E-state index contributed by atoms with van der Waals surface area (Å²) in [5.41, 5.74) is 5.29. The van der Waals surface area contributed by atoms with Gasteiger partial charge < -0.3 is 15.6 Å². The average molecular weight is 434 g/mol. The number of carboxylic acids is 1. The molecular weight excluding hydrogens is 392 g/mol. The van der Waals surface area contributed by atoms with Crippen molar-refractivity contribution < 1.29 is 24.2 Å². The van der Waals surface area contributed by atoms with Gasteiger partial charge in [0.1, 0.15) is 6.04 Å². The first-order valence-corrected chi connectivity index (χ1v) is 10.7. The second-order valence-corrected chi connectivity index (χ2v) is 7.32. The summed E-state index contributed by atoms with van der Waals surface area (Å²) in [5.74, 6) is -2.40. The molecule has 0 bridgehead atoms. The van der Waals surface area contributed by atoms with E-state index in [4.69, 9.17) is 10.8 Å². The molecule has 8 heteroatoms. The second kappa shape index (κ2) is 24.8. The summed E-state index contributed by atoms with van der Waals surface area (Å²) in [6.07, 6.45) is 16.0. The first kappa shape index (κ1) is 34.2. The number of rotatable bonds is 18. The van der Waals surface area contributed by atoms with Crippen LogP contribution in [-0.2, 0) is 19.1 Å². The molecule has 0 rings (SSSR count). The third-order valence-corrected chi connectivity index (χ3v) is 4.69. The van der Waals surface area contributed by atoms with E-state index in [9.17, 15) is 14.4 Å². The van der Waals surface area contributed by atoms with E-state index in [-0.39, 0.29) is 78.4 Å². The van der Waals surface area contributed by atoms with Crippen LogP contribution in [0.4, 0.5) is 0 Å². The van der Waals surface area contributed by atoms with Crippen molar-refractivity contribution in [1.29, 1.82) is 0 Å². The van der Waals surface area contributed by atoms with Crippen LogP contribution in [0.5, 0.6) is 0 Å². The first-order valence-electron chi connectivity index (χ1n) is 10.7. The van der Waals surface area contributed by atoms with Crippen molar-refractivity contribution in [2.45, 2.75) is 116 Å². The van der Waals surface area contributed by atoms with Crippen molar-refractivity contribution in [2.75, 3.05) is 0 Å². The van der Waals surface area contributed by atoms with Gasteiger partial charge in [0.2, 0.25) is 0 Å². The van der Waals surface area contributed by atoms with E-state index in [2.05, 4.69) is 11.7 Å². The molecule has 1 atom stereocenters. The zero-order chi connectivity index (χ0) is 20.3. The van der Waals surface area contributed by atoms with Crippen LogP contribution >= 0.6 is 0 Å². The quantitative estimate of drug-likeness (QED) is 0.148. The summed E-state index contributed by atoms with van der Waals surface area (Å²) in [6, 6.07) is -1.10. The van der Waals surface area contributed by atoms with E-state index in [0.29, 0.717) is 0 Å². The topological polar surface area (TPSA) is 107 Å². The van der Waals surface area contributed by atoms with E-state index in [0.717, 1.165) is 19.3 Å². The minimum atomic E-state index is -1.17. The van der Waals surface area contributed by atoms with Gasteiger partial charge in [-0.05, 0) is 12.8 Å². The number of ether oxygens (including phenoxy) is 1. The van der Waals surface area contributed by atoms with Crippen molar-refractivity contribution in [1.82, 2.24) is 0 Å². The summed E-state index contributed by atoms with van der Waals surface area (Å²) in [6.45, 7) is 2.24. The number of hydrogen-bond donors (Lipinski definition) is 2. The normalized spacial score (nSPS) is 11.1. The number of unbranched alkanes of at least 4 members (excludes halogenated alkanes) is 12. The molecule has 0 fully saturated rings. The molecule has 6 nitrogen and oxygen atoms in total. The van der Waals surface area contributed by atoms with Crippen molar-refractivity contribution >= 4 is 77.0 Å². The van der Waals surface area contributed by atoms with Crippen LogP contribution in [0.1, 0.15) is 110 Å². The van der Waals surface area contributed by atoms with Crippen LogP contribution < -0.4 is 5.73 Å². The van der Waals surface area contributed by atoms with E-state index in [1.54, 1.807) is 0 Å². The van der Waals surface area contributed by atoms with E-state index < -0.39 is 23.9 Å². The van der Waals surface area contributed by atoms with Crippen LogP contribution in [-0.4, -0.2) is 88.2 Å². The van der Waals surface area contributed by atoms with Crippen molar-refractivity contribution in [3.05, 3.63) is 0 Å². The Kier molecular flexibility index (Phi) is 29.3. The predicted octanol–water partition coefficient (Wildman–Crippen LogP) is 3.43. The number of esters is 2. The molecule has 29 heavy (non-hydrogen) atoms. The molecule has 0 aliphatic heterocycles. The third kappa shape index (κ3) is 24.7. The molecule has 0 saturated carbocycles. The SMILES string of the molecule is CCCCCCCCCCCCCCCC(=O)OC(=O)CC[C@H](N)C(=O)O.[NaH].[NaH]. The minimum absolute atomic E-state index is 0. The van der Waals surface area contributed by atoms with Gasteiger partial charge in [-0.25, -0.2) is 0 Å². The molecule has 0 saturated heterocycles. The maximum atomic E-state index is 11.5. The zero-order valence-electron chi connectivity index (χ0n) is 17.0. The Bertz CT molecular complexity index is 422. The number of carboxylic acid groups (broad SMARTS) is 1. The Labute approximate surface area is 221 Å². The zero-order valence-corrected chi connectivity index (χ0v) is 17.0. The average Bonchev–Trinajstić information content (AvgIpc) is 2.63. The number of hydrogen-bond acceptors (Lipinski definition) is 5. The molecular formula is C21H41NNa2O5. The second-order valence-electron chi connectivity index (χ2n) is 7.32. The number of carbonyl (C=O) groups is 3. The Morgan fingerprint density at radius 1 is 0.724 bits per heavy atom. The number of nitrogens with two attached hydrogens (primary N) is 1. The summed E-state index contributed by atoms with van der Waals surface area (Å²) in [4.78, 5) is 33.5. The Morgan fingerprint density at radius 3 is 1.52 bits per heavy atom. The summed E-state index contributed by atoms with van der Waals surface area (Å²) in [5, 5.41) is 8.62. The van der Waals surface area contributed by atoms with Gasteiger partial charge >= 0.3 is 77.0 Å². The van der Waals surface area contributed by atoms with Crippen LogP contribution in [0.2, 0.25) is 0 Å². The molecule has 0 spiro atoms. The van der Waals surface area contributed by atoms with Gasteiger partial charge in [-0.15, -0.1) is 0 Å². The van der Waals surface area contributed by atoms with Gasteiger partial charge in [-0.3, -0.25) is 14.4 Å².